The molecule has 0 saturated carbocycles. The highest BCUT2D eigenvalue weighted by atomic mass is 32.2. The number of nitrogens with zero attached hydrogens (tertiary/aromatic N) is 3. The fourth-order valence-electron chi connectivity index (χ4n) is 4.40. The fraction of sp³-hybridized carbons (Fsp3) is 0.300. The van der Waals surface area contributed by atoms with Crippen LogP contribution in [0.4, 0.5) is 0 Å². The Morgan fingerprint density at radius 3 is 2.41 bits per heavy atom. The number of rotatable bonds is 12. The van der Waals surface area contributed by atoms with E-state index in [0.717, 1.165) is 23.1 Å². The predicted octanol–water partition coefficient (Wildman–Crippen LogP) is 5.24. The molecule has 4 aromatic rings. The van der Waals surface area contributed by atoms with Crippen molar-refractivity contribution >= 4 is 20.8 Å². The maximum atomic E-state index is 13.6. The first-order valence-corrected chi connectivity index (χ1v) is 14.1. The predicted molar refractivity (Wildman–Crippen MR) is 149 cm³/mol. The van der Waals surface area contributed by atoms with Crippen LogP contribution in [0.25, 0.3) is 10.8 Å². The van der Waals surface area contributed by atoms with Crippen molar-refractivity contribution in [1.82, 2.24) is 14.2 Å². The Morgan fingerprint density at radius 1 is 0.865 bits per heavy atom. The molecule has 0 aliphatic rings. The molecule has 0 amide bonds. The lowest BCUT2D eigenvalue weighted by Gasteiger charge is -2.28. The average molecular weight is 518 g/mol. The van der Waals surface area contributed by atoms with Crippen molar-refractivity contribution in [2.75, 3.05) is 33.3 Å². The highest BCUT2D eigenvalue weighted by molar-refractivity contribution is 7.89. The highest BCUT2D eigenvalue weighted by Crippen LogP contribution is 2.26. The molecule has 1 heterocycles. The van der Waals surface area contributed by atoms with Crippen LogP contribution in [-0.4, -0.2) is 61.9 Å². The molecule has 6 nitrogen and oxygen atoms in total. The molecule has 194 valence electrons. The van der Waals surface area contributed by atoms with Gasteiger partial charge in [-0.25, -0.2) is 8.42 Å². The van der Waals surface area contributed by atoms with Crippen LogP contribution < -0.4 is 4.74 Å². The van der Waals surface area contributed by atoms with E-state index in [1.165, 1.54) is 5.56 Å². The van der Waals surface area contributed by atoms with Gasteiger partial charge in [0.1, 0.15) is 12.4 Å². The minimum absolute atomic E-state index is 0.170. The van der Waals surface area contributed by atoms with Gasteiger partial charge in [-0.3, -0.25) is 4.98 Å². The normalized spacial score (nSPS) is 12.1. The van der Waals surface area contributed by atoms with Crippen LogP contribution in [0.5, 0.6) is 5.75 Å². The summed E-state index contributed by atoms with van der Waals surface area (Å²) in [7, 11) is -1.68. The standard InChI is InChI=1S/C30H35N3O3S/c1-24(2)33(37(34,35)30-15-9-13-27-23-31-17-16-28(27)30)19-18-32(3)20-21-36-29-14-8-7-12-26(29)22-25-10-5-4-6-11-25/h4-17,23-24H,18-22H2,1-3H3. The van der Waals surface area contributed by atoms with Crippen molar-refractivity contribution in [2.24, 2.45) is 0 Å². The van der Waals surface area contributed by atoms with Gasteiger partial charge in [0.05, 0.1) is 4.90 Å². The monoisotopic (exact) mass is 517 g/mol. The number of pyridine rings is 1. The second kappa shape index (κ2) is 12.3. The molecule has 4 rings (SSSR count). The molecule has 0 N–H and O–H groups in total. The molecule has 1 aromatic heterocycles. The zero-order chi connectivity index (χ0) is 26.3. The first-order chi connectivity index (χ1) is 17.9. The van der Waals surface area contributed by atoms with Crippen molar-refractivity contribution in [1.29, 1.82) is 0 Å². The van der Waals surface area contributed by atoms with E-state index in [2.05, 4.69) is 28.1 Å². The van der Waals surface area contributed by atoms with Crippen LogP contribution in [0, 0.1) is 0 Å². The van der Waals surface area contributed by atoms with Crippen LogP contribution in [-0.2, 0) is 16.4 Å². The number of para-hydroxylation sites is 1. The molecule has 37 heavy (non-hydrogen) atoms. The summed E-state index contributed by atoms with van der Waals surface area (Å²) >= 11 is 0. The number of aromatic nitrogens is 1. The van der Waals surface area contributed by atoms with E-state index < -0.39 is 10.0 Å². The molecule has 0 atom stereocenters. The molecule has 3 aromatic carbocycles. The second-order valence-electron chi connectivity index (χ2n) is 9.48. The number of likely N-dealkylation sites (N-methyl/N-ethyl adjacent to an activating group) is 1. The Bertz CT molecular complexity index is 1400. The van der Waals surface area contributed by atoms with Gasteiger partial charge in [-0.1, -0.05) is 60.7 Å². The van der Waals surface area contributed by atoms with E-state index in [1.54, 1.807) is 34.9 Å². The Labute approximate surface area is 220 Å². The lowest BCUT2D eigenvalue weighted by molar-refractivity contribution is 0.219. The molecular weight excluding hydrogens is 482 g/mol. The third-order valence-electron chi connectivity index (χ3n) is 6.45. The molecule has 0 radical (unpaired) electrons. The number of hydrogen-bond donors (Lipinski definition) is 0. The van der Waals surface area contributed by atoms with Crippen LogP contribution >= 0.6 is 0 Å². The fourth-order valence-corrected chi connectivity index (χ4v) is 6.24. The van der Waals surface area contributed by atoms with Gasteiger partial charge in [-0.05, 0) is 50.2 Å². The van der Waals surface area contributed by atoms with E-state index in [0.29, 0.717) is 36.5 Å². The number of benzene rings is 3. The topological polar surface area (TPSA) is 62.7 Å². The first-order valence-electron chi connectivity index (χ1n) is 12.6. The quantitative estimate of drug-likeness (QED) is 0.257. The van der Waals surface area contributed by atoms with Crippen molar-refractivity contribution in [3.8, 4) is 5.75 Å². The Hall–Kier alpha value is -3.26. The summed E-state index contributed by atoms with van der Waals surface area (Å²) in [5, 5.41) is 1.51. The minimum atomic E-state index is -3.67. The van der Waals surface area contributed by atoms with Crippen molar-refractivity contribution in [3.63, 3.8) is 0 Å². The van der Waals surface area contributed by atoms with Gasteiger partial charge >= 0.3 is 0 Å². The summed E-state index contributed by atoms with van der Waals surface area (Å²) < 4.78 is 35.0. The molecule has 0 aliphatic heterocycles. The number of sulfonamides is 1. The van der Waals surface area contributed by atoms with E-state index in [1.807, 2.05) is 63.4 Å². The number of ether oxygens (including phenoxy) is 1. The number of hydrogen-bond acceptors (Lipinski definition) is 5. The van der Waals surface area contributed by atoms with Crippen LogP contribution in [0.15, 0.2) is 96.2 Å². The van der Waals surface area contributed by atoms with Gasteiger partial charge in [-0.15, -0.1) is 0 Å². The van der Waals surface area contributed by atoms with Crippen LogP contribution in [0.1, 0.15) is 25.0 Å². The van der Waals surface area contributed by atoms with Crippen molar-refractivity contribution in [3.05, 3.63) is 102 Å². The van der Waals surface area contributed by atoms with E-state index in [-0.39, 0.29) is 6.04 Å². The molecule has 0 spiro atoms. The lowest BCUT2D eigenvalue weighted by Crippen LogP contribution is -2.42. The summed E-state index contributed by atoms with van der Waals surface area (Å²) in [4.78, 5) is 6.56. The second-order valence-corrected chi connectivity index (χ2v) is 11.3. The molecule has 0 bridgehead atoms. The average Bonchev–Trinajstić information content (AvgIpc) is 2.89. The summed E-state index contributed by atoms with van der Waals surface area (Å²) in [6.45, 7) is 6.02. The van der Waals surface area contributed by atoms with Gasteiger partial charge in [-0.2, -0.15) is 4.31 Å². The first kappa shape index (κ1) is 26.8. The van der Waals surface area contributed by atoms with E-state index >= 15 is 0 Å². The zero-order valence-electron chi connectivity index (χ0n) is 21.7. The van der Waals surface area contributed by atoms with Gasteiger partial charge in [0.25, 0.3) is 0 Å². The Morgan fingerprint density at radius 2 is 1.62 bits per heavy atom. The van der Waals surface area contributed by atoms with E-state index in [9.17, 15) is 8.42 Å². The third-order valence-corrected chi connectivity index (χ3v) is 8.58. The van der Waals surface area contributed by atoms with Gasteiger partial charge in [0, 0.05) is 55.3 Å². The summed E-state index contributed by atoms with van der Waals surface area (Å²) in [5.41, 5.74) is 2.40. The third kappa shape index (κ3) is 6.74. The summed E-state index contributed by atoms with van der Waals surface area (Å²) in [6.07, 6.45) is 4.14. The molecular formula is C30H35N3O3S. The maximum absolute atomic E-state index is 13.6. The SMILES string of the molecule is CC(C)N(CCN(C)CCOc1ccccc1Cc1ccccc1)S(=O)(=O)c1cccc2cnccc12. The molecule has 0 fully saturated rings. The summed E-state index contributed by atoms with van der Waals surface area (Å²) in [6, 6.07) is 25.4. The molecule has 0 saturated heterocycles. The number of fused-ring (bicyclic) bond motifs is 1. The van der Waals surface area contributed by atoms with Crippen molar-refractivity contribution in [2.45, 2.75) is 31.2 Å². The van der Waals surface area contributed by atoms with Gasteiger partial charge in [0.15, 0.2) is 0 Å². The smallest absolute Gasteiger partial charge is 0.243 e. The summed E-state index contributed by atoms with van der Waals surface area (Å²) in [5.74, 6) is 0.886. The van der Waals surface area contributed by atoms with Crippen LogP contribution in [0.2, 0.25) is 0 Å². The van der Waals surface area contributed by atoms with Gasteiger partial charge < -0.3 is 9.64 Å². The molecule has 0 unspecified atom stereocenters. The van der Waals surface area contributed by atoms with E-state index in [4.69, 9.17) is 4.74 Å². The molecule has 0 aliphatic carbocycles. The lowest BCUT2D eigenvalue weighted by atomic mass is 10.0. The van der Waals surface area contributed by atoms with Gasteiger partial charge in [0.2, 0.25) is 10.0 Å². The van der Waals surface area contributed by atoms with Crippen molar-refractivity contribution < 1.29 is 13.2 Å². The maximum Gasteiger partial charge on any atom is 0.243 e. The Kier molecular flexibility index (Phi) is 8.92. The highest BCUT2D eigenvalue weighted by Gasteiger charge is 2.28. The molecule has 7 heteroatoms. The minimum Gasteiger partial charge on any atom is -0.492 e. The van der Waals surface area contributed by atoms with Crippen LogP contribution in [0.3, 0.4) is 0 Å². The Balaban J connectivity index is 1.36. The largest absolute Gasteiger partial charge is 0.492 e. The zero-order valence-corrected chi connectivity index (χ0v) is 22.6.